The van der Waals surface area contributed by atoms with Crippen LogP contribution in [0.25, 0.3) is 22.5 Å². The molecule has 0 amide bonds. The van der Waals surface area contributed by atoms with Crippen LogP contribution in [0.1, 0.15) is 37.3 Å². The molecule has 140 valence electrons. The summed E-state index contributed by atoms with van der Waals surface area (Å²) in [5.74, 6) is -1.15. The molecule has 0 aliphatic heterocycles. The lowest BCUT2D eigenvalue weighted by Crippen LogP contribution is -1.95. The van der Waals surface area contributed by atoms with Crippen LogP contribution >= 0.6 is 0 Å². The summed E-state index contributed by atoms with van der Waals surface area (Å²) in [6.45, 7) is 1.00. The predicted octanol–water partition coefficient (Wildman–Crippen LogP) is 6.29. The maximum absolute atomic E-state index is 13.8. The van der Waals surface area contributed by atoms with Gasteiger partial charge < -0.3 is 0 Å². The molecule has 0 N–H and O–H groups in total. The van der Waals surface area contributed by atoms with Gasteiger partial charge in [-0.25, -0.2) is 23.1 Å². The number of unbranched alkanes of at least 4 members (excludes halogenated alkanes) is 2. The van der Waals surface area contributed by atoms with Crippen LogP contribution < -0.4 is 0 Å². The Bertz CT molecular complexity index is 867. The van der Waals surface area contributed by atoms with Gasteiger partial charge in [-0.3, -0.25) is 0 Å². The molecule has 0 saturated carbocycles. The van der Waals surface area contributed by atoms with Crippen LogP contribution in [-0.2, 0) is 13.1 Å². The Morgan fingerprint density at radius 2 is 1.41 bits per heavy atom. The molecular weight excluding hydrogens is 349 g/mol. The molecule has 0 saturated heterocycles. The topological polar surface area (TPSA) is 25.8 Å². The molecule has 2 nitrogen and oxygen atoms in total. The van der Waals surface area contributed by atoms with Crippen molar-refractivity contribution in [3.8, 4) is 22.5 Å². The van der Waals surface area contributed by atoms with Crippen molar-refractivity contribution in [2.24, 2.45) is 0 Å². The van der Waals surface area contributed by atoms with Crippen molar-refractivity contribution in [3.05, 3.63) is 71.6 Å². The number of rotatable bonds is 7. The summed E-state index contributed by atoms with van der Waals surface area (Å²) >= 11 is 0. The highest BCUT2D eigenvalue weighted by Gasteiger charge is 2.12. The quantitative estimate of drug-likeness (QED) is 0.457. The van der Waals surface area contributed by atoms with Crippen molar-refractivity contribution >= 4 is 0 Å². The van der Waals surface area contributed by atoms with E-state index in [9.17, 15) is 13.2 Å². The normalized spacial score (nSPS) is 11.0. The molecule has 0 aliphatic carbocycles. The summed E-state index contributed by atoms with van der Waals surface area (Å²) in [4.78, 5) is 8.82. The van der Waals surface area contributed by atoms with E-state index in [-0.39, 0.29) is 0 Å². The van der Waals surface area contributed by atoms with Gasteiger partial charge in [0.2, 0.25) is 0 Å². The smallest absolute Gasteiger partial charge is 0.159 e. The van der Waals surface area contributed by atoms with Gasteiger partial charge in [-0.2, -0.15) is 0 Å². The highest BCUT2D eigenvalue weighted by atomic mass is 19.1. The zero-order chi connectivity index (χ0) is 19.2. The van der Waals surface area contributed by atoms with E-state index in [0.29, 0.717) is 17.0 Å². The molecular formula is C22H21F3N2. The number of aromatic nitrogens is 2. The van der Waals surface area contributed by atoms with Crippen LogP contribution in [0.5, 0.6) is 0 Å². The Kier molecular flexibility index (Phi) is 6.22. The Hall–Kier alpha value is -2.69. The van der Waals surface area contributed by atoms with Gasteiger partial charge in [0, 0.05) is 18.0 Å². The fourth-order valence-corrected chi connectivity index (χ4v) is 2.92. The number of nitrogens with zero attached hydrogens (tertiary/aromatic N) is 2. The third kappa shape index (κ3) is 4.54. The van der Waals surface area contributed by atoms with Crippen LogP contribution in [0.2, 0.25) is 0 Å². The molecule has 0 bridgehead atoms. The first-order valence-electron chi connectivity index (χ1n) is 9.08. The first kappa shape index (κ1) is 19.1. The Morgan fingerprint density at radius 3 is 1.96 bits per heavy atom. The van der Waals surface area contributed by atoms with Gasteiger partial charge in [0.1, 0.15) is 18.3 Å². The van der Waals surface area contributed by atoms with Crippen LogP contribution in [0.15, 0.2) is 48.8 Å². The zero-order valence-corrected chi connectivity index (χ0v) is 15.2. The molecule has 27 heavy (non-hydrogen) atoms. The van der Waals surface area contributed by atoms with E-state index in [1.807, 2.05) is 12.4 Å². The highest BCUT2D eigenvalue weighted by molar-refractivity contribution is 5.68. The highest BCUT2D eigenvalue weighted by Crippen LogP contribution is 2.27. The third-order valence-electron chi connectivity index (χ3n) is 4.53. The second kappa shape index (κ2) is 8.80. The summed E-state index contributed by atoms with van der Waals surface area (Å²) < 4.78 is 40.2. The number of halogens is 3. The minimum absolute atomic E-state index is 0.362. The predicted molar refractivity (Wildman–Crippen MR) is 101 cm³/mol. The van der Waals surface area contributed by atoms with Crippen molar-refractivity contribution in [1.29, 1.82) is 0 Å². The Balaban J connectivity index is 1.77. The van der Waals surface area contributed by atoms with Crippen LogP contribution in [0.3, 0.4) is 0 Å². The standard InChI is InChI=1S/C22H21F3N2/c1-2-3-4-5-15-13-26-22(27-14-15)17-8-6-16(7-9-17)18-10-20(24)19(12-23)21(25)11-18/h6-11,13-14H,2-5,12H2,1H3. The molecule has 0 fully saturated rings. The van der Waals surface area contributed by atoms with Crippen LogP contribution in [-0.4, -0.2) is 9.97 Å². The van der Waals surface area contributed by atoms with Crippen molar-refractivity contribution in [2.75, 3.05) is 0 Å². The molecule has 0 aliphatic rings. The molecule has 1 heterocycles. The molecule has 0 unspecified atom stereocenters. The molecule has 0 spiro atoms. The summed E-state index contributed by atoms with van der Waals surface area (Å²) in [5.41, 5.74) is 2.39. The summed E-state index contributed by atoms with van der Waals surface area (Å²) in [5, 5.41) is 0. The molecule has 0 radical (unpaired) electrons. The number of hydrogen-bond donors (Lipinski definition) is 0. The van der Waals surface area contributed by atoms with E-state index in [2.05, 4.69) is 16.9 Å². The fourth-order valence-electron chi connectivity index (χ4n) is 2.92. The van der Waals surface area contributed by atoms with E-state index < -0.39 is 23.9 Å². The van der Waals surface area contributed by atoms with Gasteiger partial charge in [-0.1, -0.05) is 44.0 Å². The average molecular weight is 370 g/mol. The zero-order valence-electron chi connectivity index (χ0n) is 15.2. The molecule has 3 aromatic rings. The second-order valence-electron chi connectivity index (χ2n) is 6.50. The van der Waals surface area contributed by atoms with Crippen molar-refractivity contribution in [2.45, 2.75) is 39.3 Å². The SMILES string of the molecule is CCCCCc1cnc(-c2ccc(-c3cc(F)c(CF)c(F)c3)cc2)nc1. The summed E-state index contributed by atoms with van der Waals surface area (Å²) in [7, 11) is 0. The van der Waals surface area contributed by atoms with E-state index >= 15 is 0 Å². The number of alkyl halides is 1. The summed E-state index contributed by atoms with van der Waals surface area (Å²) in [6.07, 6.45) is 8.15. The third-order valence-corrected chi connectivity index (χ3v) is 4.53. The monoisotopic (exact) mass is 370 g/mol. The van der Waals surface area contributed by atoms with Crippen LogP contribution in [0.4, 0.5) is 13.2 Å². The van der Waals surface area contributed by atoms with Crippen molar-refractivity contribution in [3.63, 3.8) is 0 Å². The number of benzene rings is 2. The Morgan fingerprint density at radius 1 is 0.815 bits per heavy atom. The number of hydrogen-bond acceptors (Lipinski definition) is 2. The van der Waals surface area contributed by atoms with E-state index in [1.54, 1.807) is 24.3 Å². The van der Waals surface area contributed by atoms with E-state index in [4.69, 9.17) is 0 Å². The maximum Gasteiger partial charge on any atom is 0.159 e. The van der Waals surface area contributed by atoms with Gasteiger partial charge in [0.05, 0.1) is 5.56 Å². The minimum Gasteiger partial charge on any atom is -0.246 e. The lowest BCUT2D eigenvalue weighted by molar-refractivity contribution is 0.440. The largest absolute Gasteiger partial charge is 0.246 e. The second-order valence-corrected chi connectivity index (χ2v) is 6.50. The summed E-state index contributed by atoms with van der Waals surface area (Å²) in [6, 6.07) is 9.40. The van der Waals surface area contributed by atoms with Crippen molar-refractivity contribution < 1.29 is 13.2 Å². The first-order valence-corrected chi connectivity index (χ1v) is 9.08. The lowest BCUT2D eigenvalue weighted by Gasteiger charge is -2.07. The van der Waals surface area contributed by atoms with E-state index in [1.165, 1.54) is 12.8 Å². The number of aryl methyl sites for hydroxylation is 1. The Labute approximate surface area is 157 Å². The lowest BCUT2D eigenvalue weighted by atomic mass is 10.0. The molecule has 5 heteroatoms. The van der Waals surface area contributed by atoms with Crippen LogP contribution in [0, 0.1) is 11.6 Å². The van der Waals surface area contributed by atoms with Gasteiger partial charge in [-0.15, -0.1) is 0 Å². The van der Waals surface area contributed by atoms with Gasteiger partial charge in [-0.05, 0) is 41.7 Å². The van der Waals surface area contributed by atoms with Gasteiger partial charge in [0.15, 0.2) is 5.82 Å². The molecule has 1 aromatic heterocycles. The van der Waals surface area contributed by atoms with E-state index in [0.717, 1.165) is 36.1 Å². The maximum atomic E-state index is 13.8. The molecule has 0 atom stereocenters. The first-order chi connectivity index (χ1) is 13.1. The van der Waals surface area contributed by atoms with Gasteiger partial charge in [0.25, 0.3) is 0 Å². The average Bonchev–Trinajstić information content (AvgIpc) is 2.69. The van der Waals surface area contributed by atoms with Gasteiger partial charge >= 0.3 is 0 Å². The fraction of sp³-hybridized carbons (Fsp3) is 0.273. The van der Waals surface area contributed by atoms with Crippen molar-refractivity contribution in [1.82, 2.24) is 9.97 Å². The molecule has 2 aromatic carbocycles. The molecule has 3 rings (SSSR count). The minimum atomic E-state index is -1.16.